The van der Waals surface area contributed by atoms with E-state index in [0.29, 0.717) is 24.8 Å². The number of hydrogen-bond donors (Lipinski definition) is 0. The summed E-state index contributed by atoms with van der Waals surface area (Å²) < 4.78 is 60.6. The first-order chi connectivity index (χ1) is 11.2. The van der Waals surface area contributed by atoms with E-state index in [0.717, 1.165) is 25.0 Å². The van der Waals surface area contributed by atoms with E-state index in [4.69, 9.17) is 4.74 Å². The maximum atomic E-state index is 14.0. The zero-order chi connectivity index (χ0) is 17.5. The van der Waals surface area contributed by atoms with Crippen LogP contribution in [0.1, 0.15) is 41.6 Å². The molecular formula is C17H18F4O3. The van der Waals surface area contributed by atoms with Gasteiger partial charge in [-0.1, -0.05) is 0 Å². The van der Waals surface area contributed by atoms with Gasteiger partial charge in [0, 0.05) is 18.1 Å². The maximum Gasteiger partial charge on any atom is 0.422 e. The van der Waals surface area contributed by atoms with Crippen LogP contribution in [0.4, 0.5) is 17.6 Å². The summed E-state index contributed by atoms with van der Waals surface area (Å²) in [6.07, 6.45) is -1.25. The molecule has 3 rings (SSSR count). The van der Waals surface area contributed by atoms with Gasteiger partial charge in [0.05, 0.1) is 6.10 Å². The molecule has 0 aliphatic heterocycles. The van der Waals surface area contributed by atoms with E-state index >= 15 is 0 Å². The van der Waals surface area contributed by atoms with Crippen LogP contribution in [0.5, 0.6) is 5.75 Å². The highest BCUT2D eigenvalue weighted by atomic mass is 19.4. The van der Waals surface area contributed by atoms with Crippen molar-refractivity contribution in [3.8, 4) is 5.75 Å². The van der Waals surface area contributed by atoms with Crippen LogP contribution in [0.3, 0.4) is 0 Å². The molecule has 0 heterocycles. The maximum absolute atomic E-state index is 14.0. The molecule has 0 radical (unpaired) electrons. The molecule has 132 valence electrons. The second-order valence-electron chi connectivity index (χ2n) is 6.56. The van der Waals surface area contributed by atoms with Gasteiger partial charge in [0.2, 0.25) is 0 Å². The summed E-state index contributed by atoms with van der Waals surface area (Å²) in [6, 6.07) is 2.26. The molecule has 0 saturated heterocycles. The molecule has 0 bridgehead atoms. The van der Waals surface area contributed by atoms with E-state index in [-0.39, 0.29) is 17.5 Å². The van der Waals surface area contributed by atoms with Gasteiger partial charge in [0.25, 0.3) is 0 Å². The molecule has 0 unspecified atom stereocenters. The number of alkyl halides is 3. The first-order valence-electron chi connectivity index (χ1n) is 7.84. The highest BCUT2D eigenvalue weighted by Gasteiger charge is 2.47. The molecule has 1 fully saturated rings. The van der Waals surface area contributed by atoms with Gasteiger partial charge in [-0.2, -0.15) is 13.2 Å². The van der Waals surface area contributed by atoms with E-state index in [1.54, 1.807) is 7.11 Å². The van der Waals surface area contributed by atoms with Crippen molar-refractivity contribution in [3.63, 3.8) is 0 Å². The average molecular weight is 346 g/mol. The molecule has 1 spiro atoms. The van der Waals surface area contributed by atoms with Crippen LogP contribution in [0.15, 0.2) is 12.1 Å². The minimum absolute atomic E-state index is 0.120. The summed E-state index contributed by atoms with van der Waals surface area (Å²) in [5.74, 6) is -1.51. The minimum atomic E-state index is -4.56. The lowest BCUT2D eigenvalue weighted by molar-refractivity contribution is -0.153. The van der Waals surface area contributed by atoms with Crippen molar-refractivity contribution in [1.82, 2.24) is 0 Å². The van der Waals surface area contributed by atoms with Crippen LogP contribution >= 0.6 is 0 Å². The molecule has 2 aliphatic carbocycles. The second-order valence-corrected chi connectivity index (χ2v) is 6.56. The Bertz CT molecular complexity index is 646. The lowest BCUT2D eigenvalue weighted by Gasteiger charge is -2.35. The Morgan fingerprint density at radius 3 is 2.50 bits per heavy atom. The van der Waals surface area contributed by atoms with Crippen molar-refractivity contribution in [3.05, 3.63) is 29.1 Å². The third-order valence-electron chi connectivity index (χ3n) is 5.03. The van der Waals surface area contributed by atoms with Gasteiger partial charge in [-0.05, 0) is 49.8 Å². The Balaban J connectivity index is 1.82. The summed E-state index contributed by atoms with van der Waals surface area (Å²) in [5.41, 5.74) is 0.254. The second kappa shape index (κ2) is 6.02. The number of benzene rings is 1. The summed E-state index contributed by atoms with van der Waals surface area (Å²) in [6.45, 7) is -1.59. The van der Waals surface area contributed by atoms with Crippen LogP contribution in [-0.2, 0) is 11.2 Å². The molecule has 24 heavy (non-hydrogen) atoms. The molecule has 1 saturated carbocycles. The van der Waals surface area contributed by atoms with Crippen LogP contribution < -0.4 is 4.74 Å². The first-order valence-corrected chi connectivity index (χ1v) is 7.84. The minimum Gasteiger partial charge on any atom is -0.481 e. The number of ketones is 1. The number of hydrogen-bond acceptors (Lipinski definition) is 3. The molecule has 0 amide bonds. The van der Waals surface area contributed by atoms with Gasteiger partial charge >= 0.3 is 6.18 Å². The standard InChI is InChI=1S/C17H18F4O3/c1-23-11-2-4-16(5-3-11)8-10-6-13(18)14(7-12(10)15(16)22)24-9-17(19,20)21/h6-7,11H,2-5,8-9H2,1H3/t11-,16-. The average Bonchev–Trinajstić information content (AvgIpc) is 2.77. The van der Waals surface area contributed by atoms with E-state index in [9.17, 15) is 22.4 Å². The van der Waals surface area contributed by atoms with Crippen LogP contribution in [0, 0.1) is 11.2 Å². The monoisotopic (exact) mass is 346 g/mol. The fraction of sp³-hybridized carbons (Fsp3) is 0.588. The van der Waals surface area contributed by atoms with Gasteiger partial charge in [-0.3, -0.25) is 4.79 Å². The molecular weight excluding hydrogens is 328 g/mol. The van der Waals surface area contributed by atoms with E-state index in [1.165, 1.54) is 0 Å². The Morgan fingerprint density at radius 1 is 1.25 bits per heavy atom. The summed E-state index contributed by atoms with van der Waals surface area (Å²) in [5, 5.41) is 0. The van der Waals surface area contributed by atoms with Crippen LogP contribution in [-0.4, -0.2) is 31.8 Å². The number of ether oxygens (including phenoxy) is 2. The van der Waals surface area contributed by atoms with E-state index in [2.05, 4.69) is 4.74 Å². The topological polar surface area (TPSA) is 35.5 Å². The van der Waals surface area contributed by atoms with Gasteiger partial charge < -0.3 is 9.47 Å². The summed E-state index contributed by atoms with van der Waals surface area (Å²) in [7, 11) is 1.63. The quantitative estimate of drug-likeness (QED) is 0.774. The lowest BCUT2D eigenvalue weighted by Crippen LogP contribution is -2.35. The highest BCUT2D eigenvalue weighted by Crippen LogP contribution is 2.48. The highest BCUT2D eigenvalue weighted by molar-refractivity contribution is 6.05. The number of fused-ring (bicyclic) bond motifs is 1. The van der Waals surface area contributed by atoms with Gasteiger partial charge in [-0.15, -0.1) is 0 Å². The lowest BCUT2D eigenvalue weighted by atomic mass is 9.70. The van der Waals surface area contributed by atoms with Crippen LogP contribution in [0.25, 0.3) is 0 Å². The fourth-order valence-electron chi connectivity index (χ4n) is 3.74. The number of Topliss-reactive ketones (excluding diaryl/α,β-unsaturated/α-hetero) is 1. The first kappa shape index (κ1) is 17.2. The predicted molar refractivity (Wildman–Crippen MR) is 77.7 cm³/mol. The van der Waals surface area contributed by atoms with Crippen molar-refractivity contribution in [1.29, 1.82) is 0 Å². The van der Waals surface area contributed by atoms with Crippen molar-refractivity contribution in [2.75, 3.05) is 13.7 Å². The van der Waals surface area contributed by atoms with Crippen molar-refractivity contribution < 1.29 is 31.8 Å². The number of methoxy groups -OCH3 is 1. The van der Waals surface area contributed by atoms with Gasteiger partial charge in [0.15, 0.2) is 24.0 Å². The molecule has 1 aromatic carbocycles. The summed E-state index contributed by atoms with van der Waals surface area (Å²) in [4.78, 5) is 12.8. The fourth-order valence-corrected chi connectivity index (χ4v) is 3.74. The number of rotatable bonds is 3. The Labute approximate surface area is 136 Å². The van der Waals surface area contributed by atoms with Crippen molar-refractivity contribution >= 4 is 5.78 Å². The third kappa shape index (κ3) is 3.14. The molecule has 3 nitrogen and oxygen atoms in total. The van der Waals surface area contributed by atoms with Crippen LogP contribution in [0.2, 0.25) is 0 Å². The van der Waals surface area contributed by atoms with E-state index < -0.39 is 29.8 Å². The van der Waals surface area contributed by atoms with Crippen molar-refractivity contribution in [2.45, 2.75) is 44.4 Å². The van der Waals surface area contributed by atoms with Gasteiger partial charge in [-0.25, -0.2) is 4.39 Å². The number of carbonyl (C=O) groups is 1. The number of halogens is 4. The number of carbonyl (C=O) groups excluding carboxylic acids is 1. The van der Waals surface area contributed by atoms with E-state index in [1.807, 2.05) is 0 Å². The van der Waals surface area contributed by atoms with Crippen molar-refractivity contribution in [2.24, 2.45) is 5.41 Å². The van der Waals surface area contributed by atoms with Gasteiger partial charge in [0.1, 0.15) is 0 Å². The smallest absolute Gasteiger partial charge is 0.422 e. The Morgan fingerprint density at radius 2 is 1.92 bits per heavy atom. The predicted octanol–water partition coefficient (Wildman–Crippen LogP) is 4.08. The Hall–Kier alpha value is -1.63. The normalized spacial score (nSPS) is 26.7. The zero-order valence-corrected chi connectivity index (χ0v) is 13.2. The molecule has 7 heteroatoms. The zero-order valence-electron chi connectivity index (χ0n) is 13.2. The molecule has 0 atom stereocenters. The Kier molecular flexibility index (Phi) is 4.32. The summed E-state index contributed by atoms with van der Waals surface area (Å²) >= 11 is 0. The molecule has 0 aromatic heterocycles. The molecule has 2 aliphatic rings. The largest absolute Gasteiger partial charge is 0.481 e. The molecule has 0 N–H and O–H groups in total. The third-order valence-corrected chi connectivity index (χ3v) is 5.03. The SMILES string of the molecule is CO[C@H]1CC[C@]2(CC1)Cc1cc(F)c(OCC(F)(F)F)cc1C2=O. The molecule has 1 aromatic rings.